The van der Waals surface area contributed by atoms with E-state index in [1.807, 2.05) is 36.5 Å². The van der Waals surface area contributed by atoms with Crippen LogP contribution in [0.5, 0.6) is 0 Å². The molecule has 3 N–H and O–H groups in total. The Morgan fingerprint density at radius 1 is 1.06 bits per heavy atom. The smallest absolute Gasteiger partial charge is 0.236 e. The number of benzene rings is 1. The molecule has 1 saturated heterocycles. The van der Waals surface area contributed by atoms with Crippen molar-refractivity contribution in [2.24, 2.45) is 0 Å². The standard InChI is InChI=1S/C25H31N5O3S/c31-15-13-30(14-16-32)24(33)18-29-11-9-19(10-12-29)21-7-4-8-23(27-21)28-25-26-17-22(34-25)20-5-2-1-3-6-20/h1-8,17,19,31-32H,9-16,18H2,(H,26,27,28). The molecule has 2 aromatic heterocycles. The van der Waals surface area contributed by atoms with Crippen LogP contribution in [0.25, 0.3) is 10.4 Å². The molecule has 1 aliphatic rings. The molecule has 1 fully saturated rings. The molecule has 1 aliphatic heterocycles. The highest BCUT2D eigenvalue weighted by Gasteiger charge is 2.24. The number of aromatic nitrogens is 2. The van der Waals surface area contributed by atoms with E-state index in [0.29, 0.717) is 12.5 Å². The maximum atomic E-state index is 12.5. The average molecular weight is 482 g/mol. The minimum absolute atomic E-state index is 0.0517. The molecule has 0 radical (unpaired) electrons. The summed E-state index contributed by atoms with van der Waals surface area (Å²) in [5.41, 5.74) is 2.20. The number of likely N-dealkylation sites (tertiary alicyclic amines) is 1. The van der Waals surface area contributed by atoms with Crippen LogP contribution in [-0.4, -0.2) is 81.8 Å². The van der Waals surface area contributed by atoms with Gasteiger partial charge in [0.25, 0.3) is 0 Å². The van der Waals surface area contributed by atoms with E-state index in [4.69, 9.17) is 15.2 Å². The number of thiazole rings is 1. The number of carbonyl (C=O) groups is 1. The van der Waals surface area contributed by atoms with Crippen molar-refractivity contribution >= 4 is 28.2 Å². The van der Waals surface area contributed by atoms with Gasteiger partial charge in [-0.25, -0.2) is 9.97 Å². The summed E-state index contributed by atoms with van der Waals surface area (Å²) in [7, 11) is 0. The second-order valence-electron chi connectivity index (χ2n) is 8.35. The van der Waals surface area contributed by atoms with Crippen molar-refractivity contribution in [3.05, 3.63) is 60.4 Å². The third-order valence-corrected chi connectivity index (χ3v) is 6.99. The predicted octanol–water partition coefficient (Wildman–Crippen LogP) is 2.94. The lowest BCUT2D eigenvalue weighted by atomic mass is 9.93. The lowest BCUT2D eigenvalue weighted by Crippen LogP contribution is -2.45. The highest BCUT2D eigenvalue weighted by Crippen LogP contribution is 2.31. The van der Waals surface area contributed by atoms with Gasteiger partial charge >= 0.3 is 0 Å². The summed E-state index contributed by atoms with van der Waals surface area (Å²) in [6.07, 6.45) is 3.74. The quantitative estimate of drug-likeness (QED) is 0.409. The van der Waals surface area contributed by atoms with Crippen LogP contribution in [0.4, 0.5) is 10.9 Å². The largest absolute Gasteiger partial charge is 0.395 e. The Morgan fingerprint density at radius 3 is 2.50 bits per heavy atom. The third-order valence-electron chi connectivity index (χ3n) is 6.03. The average Bonchev–Trinajstić information content (AvgIpc) is 3.33. The van der Waals surface area contributed by atoms with Gasteiger partial charge in [0.05, 0.1) is 24.6 Å². The fourth-order valence-electron chi connectivity index (χ4n) is 4.21. The second kappa shape index (κ2) is 12.0. The number of piperidine rings is 1. The van der Waals surface area contributed by atoms with Gasteiger partial charge in [0, 0.05) is 30.9 Å². The van der Waals surface area contributed by atoms with Crippen LogP contribution in [0.3, 0.4) is 0 Å². The van der Waals surface area contributed by atoms with Crippen LogP contribution >= 0.6 is 11.3 Å². The van der Waals surface area contributed by atoms with Gasteiger partial charge in [-0.15, -0.1) is 0 Å². The fourth-order valence-corrected chi connectivity index (χ4v) is 5.04. The van der Waals surface area contributed by atoms with Gasteiger partial charge in [0.15, 0.2) is 5.13 Å². The van der Waals surface area contributed by atoms with E-state index in [1.54, 1.807) is 11.3 Å². The summed E-state index contributed by atoms with van der Waals surface area (Å²) in [4.78, 5) is 26.6. The molecule has 0 spiro atoms. The molecule has 3 aromatic rings. The molecule has 34 heavy (non-hydrogen) atoms. The SMILES string of the molecule is O=C(CN1CCC(c2cccc(Nc3ncc(-c4ccccc4)s3)n2)CC1)N(CCO)CCO. The molecule has 3 heterocycles. The molecule has 0 unspecified atom stereocenters. The van der Waals surface area contributed by atoms with Gasteiger partial charge in [0.2, 0.25) is 5.91 Å². The third kappa shape index (κ3) is 6.38. The number of aliphatic hydroxyl groups is 2. The second-order valence-corrected chi connectivity index (χ2v) is 9.38. The summed E-state index contributed by atoms with van der Waals surface area (Å²) in [5.74, 6) is 1.08. The van der Waals surface area contributed by atoms with Crippen molar-refractivity contribution in [1.29, 1.82) is 0 Å². The molecule has 0 atom stereocenters. The first-order valence-corrected chi connectivity index (χ1v) is 12.4. The minimum Gasteiger partial charge on any atom is -0.395 e. The molecule has 180 valence electrons. The van der Waals surface area contributed by atoms with E-state index in [0.717, 1.165) is 53.0 Å². The Labute approximate surface area is 203 Å². The Morgan fingerprint density at radius 2 is 1.79 bits per heavy atom. The first-order valence-electron chi connectivity index (χ1n) is 11.6. The van der Waals surface area contributed by atoms with E-state index in [-0.39, 0.29) is 32.2 Å². The van der Waals surface area contributed by atoms with Crippen LogP contribution in [0.1, 0.15) is 24.5 Å². The van der Waals surface area contributed by atoms with Gasteiger partial charge in [-0.05, 0) is 43.6 Å². The van der Waals surface area contributed by atoms with Gasteiger partial charge in [-0.2, -0.15) is 0 Å². The Bertz CT molecular complexity index is 1050. The van der Waals surface area contributed by atoms with Crippen molar-refractivity contribution in [3.8, 4) is 10.4 Å². The van der Waals surface area contributed by atoms with E-state index in [2.05, 4.69) is 33.4 Å². The van der Waals surface area contributed by atoms with Crippen molar-refractivity contribution in [3.63, 3.8) is 0 Å². The van der Waals surface area contributed by atoms with Crippen molar-refractivity contribution < 1.29 is 15.0 Å². The monoisotopic (exact) mass is 481 g/mol. The summed E-state index contributed by atoms with van der Waals surface area (Å²) in [6, 6.07) is 16.2. The van der Waals surface area contributed by atoms with Crippen LogP contribution in [-0.2, 0) is 4.79 Å². The van der Waals surface area contributed by atoms with Crippen LogP contribution in [0.15, 0.2) is 54.7 Å². The van der Waals surface area contributed by atoms with Gasteiger partial charge < -0.3 is 20.4 Å². The molecule has 0 bridgehead atoms. The maximum Gasteiger partial charge on any atom is 0.236 e. The summed E-state index contributed by atoms with van der Waals surface area (Å²) in [6.45, 7) is 2.26. The molecule has 4 rings (SSSR count). The fraction of sp³-hybridized carbons (Fsp3) is 0.400. The van der Waals surface area contributed by atoms with E-state index in [9.17, 15) is 4.79 Å². The minimum atomic E-state index is -0.0988. The maximum absolute atomic E-state index is 12.5. The Balaban J connectivity index is 1.32. The number of anilines is 2. The highest BCUT2D eigenvalue weighted by molar-refractivity contribution is 7.18. The van der Waals surface area contributed by atoms with E-state index < -0.39 is 0 Å². The number of hydrogen-bond acceptors (Lipinski definition) is 8. The molecular weight excluding hydrogens is 450 g/mol. The number of hydrogen-bond donors (Lipinski definition) is 3. The first kappa shape index (κ1) is 24.3. The summed E-state index contributed by atoms with van der Waals surface area (Å²) in [5, 5.41) is 22.4. The number of carbonyl (C=O) groups excluding carboxylic acids is 1. The number of aliphatic hydroxyl groups excluding tert-OH is 2. The molecule has 9 heteroatoms. The van der Waals surface area contributed by atoms with Crippen molar-refractivity contribution in [1.82, 2.24) is 19.8 Å². The number of nitrogens with zero attached hydrogens (tertiary/aromatic N) is 4. The highest BCUT2D eigenvalue weighted by atomic mass is 32.1. The number of pyridine rings is 1. The Kier molecular flexibility index (Phi) is 8.59. The molecule has 0 saturated carbocycles. The molecule has 0 aliphatic carbocycles. The summed E-state index contributed by atoms with van der Waals surface area (Å²) < 4.78 is 0. The predicted molar refractivity (Wildman–Crippen MR) is 134 cm³/mol. The van der Waals surface area contributed by atoms with Gasteiger partial charge in [-0.1, -0.05) is 47.7 Å². The summed E-state index contributed by atoms with van der Waals surface area (Å²) >= 11 is 1.60. The van der Waals surface area contributed by atoms with Crippen molar-refractivity contribution in [2.75, 3.05) is 51.3 Å². The lowest BCUT2D eigenvalue weighted by Gasteiger charge is -2.32. The molecule has 1 aromatic carbocycles. The first-order chi connectivity index (χ1) is 16.7. The van der Waals surface area contributed by atoms with E-state index in [1.165, 1.54) is 4.90 Å². The van der Waals surface area contributed by atoms with Crippen LogP contribution in [0, 0.1) is 0 Å². The number of amides is 1. The van der Waals surface area contributed by atoms with Gasteiger partial charge in [-0.3, -0.25) is 9.69 Å². The molecule has 1 amide bonds. The number of nitrogens with one attached hydrogen (secondary N) is 1. The zero-order valence-electron chi connectivity index (χ0n) is 19.1. The van der Waals surface area contributed by atoms with Crippen molar-refractivity contribution in [2.45, 2.75) is 18.8 Å². The Hall–Kier alpha value is -2.85. The molecular formula is C25H31N5O3S. The van der Waals surface area contributed by atoms with Crippen LogP contribution in [0.2, 0.25) is 0 Å². The normalized spacial score (nSPS) is 14.8. The topological polar surface area (TPSA) is 102 Å². The lowest BCUT2D eigenvalue weighted by molar-refractivity contribution is -0.133. The zero-order valence-corrected chi connectivity index (χ0v) is 20.0. The zero-order chi connectivity index (χ0) is 23.8. The van der Waals surface area contributed by atoms with E-state index >= 15 is 0 Å². The number of rotatable bonds is 10. The van der Waals surface area contributed by atoms with Gasteiger partial charge in [0.1, 0.15) is 5.82 Å². The molecule has 8 nitrogen and oxygen atoms in total. The van der Waals surface area contributed by atoms with Crippen LogP contribution < -0.4 is 5.32 Å².